The smallest absolute Gasteiger partial charge is 0.256 e. The molecule has 2 fully saturated rings. The van der Waals surface area contributed by atoms with Gasteiger partial charge < -0.3 is 5.73 Å². The van der Waals surface area contributed by atoms with Gasteiger partial charge in [0.2, 0.25) is 14.9 Å². The topological polar surface area (TPSA) is 80.2 Å². The number of nitrogens with two attached hydrogens (primary N) is 1. The van der Waals surface area contributed by atoms with Crippen LogP contribution in [0.1, 0.15) is 19.3 Å². The normalized spacial score (nSPS) is 43.2. The lowest BCUT2D eigenvalue weighted by molar-refractivity contribution is -0.121. The van der Waals surface area contributed by atoms with Crippen molar-refractivity contribution in [1.29, 1.82) is 0 Å². The van der Waals surface area contributed by atoms with Crippen LogP contribution in [-0.4, -0.2) is 30.0 Å². The molecule has 2 heterocycles. The average molecular weight is 190 g/mol. The second-order valence-corrected chi connectivity index (χ2v) is 5.25. The minimum atomic E-state index is -3.34. The molecule has 0 aliphatic carbocycles. The van der Waals surface area contributed by atoms with E-state index in [1.54, 1.807) is 0 Å². The van der Waals surface area contributed by atoms with Gasteiger partial charge in [0.1, 0.15) is 0 Å². The Morgan fingerprint density at radius 1 is 1.42 bits per heavy atom. The second kappa shape index (κ2) is 2.00. The lowest BCUT2D eigenvalue weighted by Gasteiger charge is -2.13. The fourth-order valence-electron chi connectivity index (χ4n) is 1.88. The number of amides is 1. The highest BCUT2D eigenvalue weighted by atomic mass is 32.2. The molecule has 0 saturated carbocycles. The third-order valence-corrected chi connectivity index (χ3v) is 4.98. The van der Waals surface area contributed by atoms with E-state index in [0.29, 0.717) is 13.0 Å². The quantitative estimate of drug-likeness (QED) is 0.538. The molecule has 2 rings (SSSR count). The molecular weight excluding hydrogens is 180 g/mol. The van der Waals surface area contributed by atoms with E-state index >= 15 is 0 Å². The predicted molar refractivity (Wildman–Crippen MR) is 41.4 cm³/mol. The highest BCUT2D eigenvalue weighted by molar-refractivity contribution is 7.98. The van der Waals surface area contributed by atoms with Gasteiger partial charge in [-0.15, -0.1) is 0 Å². The zero-order valence-electron chi connectivity index (χ0n) is 6.49. The van der Waals surface area contributed by atoms with Crippen molar-refractivity contribution in [3.8, 4) is 0 Å². The zero-order chi connectivity index (χ0) is 8.98. The van der Waals surface area contributed by atoms with Crippen molar-refractivity contribution >= 4 is 15.9 Å². The minimum Gasteiger partial charge on any atom is -0.367 e. The number of carbonyl (C=O) groups excluding carboxylic acids is 1. The molecule has 0 radical (unpaired) electrons. The summed E-state index contributed by atoms with van der Waals surface area (Å²) in [4.78, 5) is 9.62. The maximum absolute atomic E-state index is 11.3. The average Bonchev–Trinajstić information content (AvgIpc) is 2.52. The first kappa shape index (κ1) is 8.00. The Kier molecular flexibility index (Phi) is 1.33. The molecule has 2 N–H and O–H groups in total. The Morgan fingerprint density at radius 2 is 2.08 bits per heavy atom. The molecule has 0 bridgehead atoms. The van der Waals surface area contributed by atoms with Crippen molar-refractivity contribution in [1.82, 2.24) is 4.31 Å². The summed E-state index contributed by atoms with van der Waals surface area (Å²) in [7, 11) is -3.34. The molecule has 1 amide bonds. The highest BCUT2D eigenvalue weighted by Crippen LogP contribution is 2.50. The lowest BCUT2D eigenvalue weighted by Crippen LogP contribution is -2.38. The van der Waals surface area contributed by atoms with Gasteiger partial charge in [-0.3, -0.25) is 4.79 Å². The summed E-state index contributed by atoms with van der Waals surface area (Å²) in [6.45, 7) is 0.450. The summed E-state index contributed by atoms with van der Waals surface area (Å²) in [5.41, 5.74) is 5.06. The van der Waals surface area contributed by atoms with Gasteiger partial charge in [0.25, 0.3) is 5.91 Å². The SMILES string of the molecule is NC(=O)C12CCCCN1S2(=O)=O. The number of hydrogen-bond acceptors (Lipinski definition) is 3. The van der Waals surface area contributed by atoms with E-state index in [2.05, 4.69) is 0 Å². The van der Waals surface area contributed by atoms with Crippen LogP contribution in [0.3, 0.4) is 0 Å². The summed E-state index contributed by atoms with van der Waals surface area (Å²) in [5, 5.41) is 0. The molecule has 2 saturated heterocycles. The monoisotopic (exact) mass is 190 g/mol. The Bertz CT molecular complexity index is 337. The number of hydrogen-bond donors (Lipinski definition) is 1. The first-order chi connectivity index (χ1) is 5.53. The van der Waals surface area contributed by atoms with Crippen LogP contribution in [0.4, 0.5) is 0 Å². The van der Waals surface area contributed by atoms with Crippen molar-refractivity contribution in [2.24, 2.45) is 5.73 Å². The van der Waals surface area contributed by atoms with Crippen molar-refractivity contribution in [3.05, 3.63) is 0 Å². The molecule has 2 aliphatic rings. The molecular formula is C6H10N2O3S. The number of fused-ring (bicyclic) bond motifs is 1. The number of rotatable bonds is 1. The highest BCUT2D eigenvalue weighted by Gasteiger charge is 2.74. The lowest BCUT2D eigenvalue weighted by atomic mass is 10.0. The number of primary amides is 1. The molecule has 6 heteroatoms. The van der Waals surface area contributed by atoms with Gasteiger partial charge in [0, 0.05) is 6.54 Å². The molecule has 0 aromatic carbocycles. The predicted octanol–water partition coefficient (Wildman–Crippen LogP) is -1.00. The molecule has 68 valence electrons. The summed E-state index contributed by atoms with van der Waals surface area (Å²) < 4.78 is 23.8. The van der Waals surface area contributed by atoms with Crippen molar-refractivity contribution < 1.29 is 13.2 Å². The van der Waals surface area contributed by atoms with E-state index in [1.165, 1.54) is 4.31 Å². The zero-order valence-corrected chi connectivity index (χ0v) is 7.30. The molecule has 0 spiro atoms. The third-order valence-electron chi connectivity index (χ3n) is 2.60. The summed E-state index contributed by atoms with van der Waals surface area (Å²) in [5.74, 6) is -0.720. The van der Waals surface area contributed by atoms with E-state index in [1.807, 2.05) is 0 Å². The van der Waals surface area contributed by atoms with Crippen LogP contribution in [0.15, 0.2) is 0 Å². The summed E-state index contributed by atoms with van der Waals surface area (Å²) in [6, 6.07) is 0. The Morgan fingerprint density at radius 3 is 2.50 bits per heavy atom. The van der Waals surface area contributed by atoms with E-state index in [0.717, 1.165) is 12.8 Å². The van der Waals surface area contributed by atoms with Crippen molar-refractivity contribution in [2.45, 2.75) is 24.1 Å². The van der Waals surface area contributed by atoms with Crippen molar-refractivity contribution in [3.63, 3.8) is 0 Å². The fourth-order valence-corrected chi connectivity index (χ4v) is 4.03. The molecule has 5 nitrogen and oxygen atoms in total. The van der Waals surface area contributed by atoms with E-state index in [-0.39, 0.29) is 0 Å². The van der Waals surface area contributed by atoms with Crippen LogP contribution in [0.25, 0.3) is 0 Å². The molecule has 2 aliphatic heterocycles. The Hall–Kier alpha value is -0.620. The molecule has 0 aromatic rings. The largest absolute Gasteiger partial charge is 0.367 e. The molecule has 0 aromatic heterocycles. The van der Waals surface area contributed by atoms with Gasteiger partial charge in [-0.05, 0) is 19.3 Å². The van der Waals surface area contributed by atoms with Crippen LogP contribution in [0.2, 0.25) is 0 Å². The molecule has 12 heavy (non-hydrogen) atoms. The van der Waals surface area contributed by atoms with Crippen LogP contribution >= 0.6 is 0 Å². The van der Waals surface area contributed by atoms with Gasteiger partial charge in [0.15, 0.2) is 0 Å². The first-order valence-electron chi connectivity index (χ1n) is 3.86. The van der Waals surface area contributed by atoms with Gasteiger partial charge in [0.05, 0.1) is 0 Å². The van der Waals surface area contributed by atoms with E-state index in [9.17, 15) is 13.2 Å². The Balaban J connectivity index is 2.44. The van der Waals surface area contributed by atoms with Gasteiger partial charge in [-0.2, -0.15) is 4.31 Å². The van der Waals surface area contributed by atoms with E-state index < -0.39 is 20.8 Å². The first-order valence-corrected chi connectivity index (χ1v) is 5.30. The van der Waals surface area contributed by atoms with Crippen molar-refractivity contribution in [2.75, 3.05) is 6.54 Å². The number of nitrogens with zero attached hydrogens (tertiary/aromatic N) is 1. The number of sulfonamides is 1. The maximum Gasteiger partial charge on any atom is 0.256 e. The van der Waals surface area contributed by atoms with Gasteiger partial charge in [-0.1, -0.05) is 0 Å². The standard InChI is InChI=1S/C6H10N2O3S/c7-5(9)6-3-1-2-4-8(6)12(6,10)11/h1-4H2,(H2,7,9). The number of piperidine rings is 1. The number of carbonyl (C=O) groups is 1. The summed E-state index contributed by atoms with van der Waals surface area (Å²) >= 11 is 0. The summed E-state index contributed by atoms with van der Waals surface area (Å²) in [6.07, 6.45) is 1.96. The van der Waals surface area contributed by atoms with Gasteiger partial charge in [-0.25, -0.2) is 8.42 Å². The third kappa shape index (κ3) is 0.628. The Labute approximate surface area is 70.6 Å². The minimum absolute atomic E-state index is 0.366. The fraction of sp³-hybridized carbons (Fsp3) is 0.833. The van der Waals surface area contributed by atoms with Crippen LogP contribution in [0.5, 0.6) is 0 Å². The molecule has 2 unspecified atom stereocenters. The van der Waals surface area contributed by atoms with Crippen LogP contribution in [-0.2, 0) is 14.8 Å². The molecule has 2 atom stereocenters. The van der Waals surface area contributed by atoms with E-state index in [4.69, 9.17) is 5.73 Å². The maximum atomic E-state index is 11.3. The second-order valence-electron chi connectivity index (χ2n) is 3.18. The van der Waals surface area contributed by atoms with Gasteiger partial charge >= 0.3 is 0 Å². The van der Waals surface area contributed by atoms with Crippen LogP contribution in [0, 0.1) is 0 Å². The van der Waals surface area contributed by atoms with Crippen LogP contribution < -0.4 is 5.73 Å².